The van der Waals surface area contributed by atoms with Crippen LogP contribution in [-0.4, -0.2) is 24.1 Å². The van der Waals surface area contributed by atoms with Crippen molar-refractivity contribution >= 4 is 11.6 Å². The number of carbonyl (C=O) groups excluding carboxylic acids is 1. The predicted octanol–water partition coefficient (Wildman–Crippen LogP) is 3.74. The molecule has 0 aliphatic carbocycles. The summed E-state index contributed by atoms with van der Waals surface area (Å²) >= 11 is 0. The lowest BCUT2D eigenvalue weighted by Crippen LogP contribution is -2.32. The molecule has 5 nitrogen and oxygen atoms in total. The van der Waals surface area contributed by atoms with Crippen LogP contribution in [0.5, 0.6) is 0 Å². The second kappa shape index (κ2) is 8.99. The molecular formula is C26H28FN3O2. The molecule has 166 valence electrons. The number of pyridine rings is 1. The third-order valence-corrected chi connectivity index (χ3v) is 6.30. The molecule has 3 aromatic rings. The lowest BCUT2D eigenvalue weighted by Gasteiger charge is -2.27. The highest BCUT2D eigenvalue weighted by atomic mass is 19.1. The number of carbonyl (C=O) groups is 1. The average Bonchev–Trinajstić information content (AvgIpc) is 2.77. The molecule has 2 aromatic carbocycles. The Morgan fingerprint density at radius 2 is 1.91 bits per heavy atom. The van der Waals surface area contributed by atoms with Gasteiger partial charge in [-0.05, 0) is 48.6 Å². The smallest absolute Gasteiger partial charge is 0.257 e. The molecule has 2 heterocycles. The number of benzene rings is 2. The van der Waals surface area contributed by atoms with Gasteiger partial charge in [0, 0.05) is 56.7 Å². The number of nitrogens with zero attached hydrogens (tertiary/aromatic N) is 2. The third kappa shape index (κ3) is 4.31. The Hall–Kier alpha value is -3.41. The molecule has 0 saturated heterocycles. The number of hydrogen-bond acceptors (Lipinski definition) is 3. The predicted molar refractivity (Wildman–Crippen MR) is 125 cm³/mol. The van der Waals surface area contributed by atoms with E-state index in [9.17, 15) is 14.0 Å². The number of aryl methyl sites for hydroxylation is 2. The van der Waals surface area contributed by atoms with Gasteiger partial charge in [0.2, 0.25) is 0 Å². The molecule has 6 heteroatoms. The summed E-state index contributed by atoms with van der Waals surface area (Å²) in [6, 6.07) is 14.1. The fraction of sp³-hybridized carbons (Fsp3) is 0.308. The third-order valence-electron chi connectivity index (χ3n) is 6.30. The molecule has 0 fully saturated rings. The molecule has 1 amide bonds. The fourth-order valence-electron chi connectivity index (χ4n) is 4.37. The number of fused-ring (bicyclic) bond motifs is 1. The maximum Gasteiger partial charge on any atom is 0.257 e. The van der Waals surface area contributed by atoms with Gasteiger partial charge in [-0.25, -0.2) is 4.39 Å². The summed E-state index contributed by atoms with van der Waals surface area (Å²) in [5.41, 5.74) is 4.88. The zero-order valence-electron chi connectivity index (χ0n) is 18.7. The van der Waals surface area contributed by atoms with Crippen molar-refractivity contribution in [3.8, 4) is 0 Å². The van der Waals surface area contributed by atoms with Crippen LogP contribution in [0.25, 0.3) is 0 Å². The SMILES string of the molecule is Cc1cc(=O)c(C(=O)NCc2ccc3c(c2)CCCN3C)c(Cc2ccccc2F)n1C. The van der Waals surface area contributed by atoms with E-state index in [1.54, 1.807) is 36.7 Å². The van der Waals surface area contributed by atoms with Crippen molar-refractivity contribution in [1.82, 2.24) is 9.88 Å². The second-order valence-electron chi connectivity index (χ2n) is 8.47. The first kappa shape index (κ1) is 21.8. The normalized spacial score (nSPS) is 13.1. The van der Waals surface area contributed by atoms with E-state index < -0.39 is 5.91 Å². The number of anilines is 1. The maximum atomic E-state index is 14.3. The molecule has 1 N–H and O–H groups in total. The minimum absolute atomic E-state index is 0.0686. The van der Waals surface area contributed by atoms with Gasteiger partial charge in [0.15, 0.2) is 5.43 Å². The van der Waals surface area contributed by atoms with E-state index in [4.69, 9.17) is 0 Å². The second-order valence-corrected chi connectivity index (χ2v) is 8.47. The molecule has 32 heavy (non-hydrogen) atoms. The molecule has 4 rings (SSSR count). The van der Waals surface area contributed by atoms with E-state index >= 15 is 0 Å². The van der Waals surface area contributed by atoms with Gasteiger partial charge in [0.05, 0.1) is 0 Å². The minimum Gasteiger partial charge on any atom is -0.374 e. The van der Waals surface area contributed by atoms with Crippen LogP contribution in [0.2, 0.25) is 0 Å². The first-order chi connectivity index (χ1) is 15.3. The highest BCUT2D eigenvalue weighted by molar-refractivity contribution is 5.95. The van der Waals surface area contributed by atoms with Crippen LogP contribution < -0.4 is 15.6 Å². The Bertz CT molecular complexity index is 1230. The van der Waals surface area contributed by atoms with Gasteiger partial charge < -0.3 is 14.8 Å². The summed E-state index contributed by atoms with van der Waals surface area (Å²) in [6.07, 6.45) is 2.29. The number of amides is 1. The Labute approximate surface area is 187 Å². The van der Waals surface area contributed by atoms with Crippen molar-refractivity contribution in [2.45, 2.75) is 32.7 Å². The fourth-order valence-corrected chi connectivity index (χ4v) is 4.37. The largest absolute Gasteiger partial charge is 0.374 e. The van der Waals surface area contributed by atoms with E-state index in [0.717, 1.165) is 30.6 Å². The van der Waals surface area contributed by atoms with Gasteiger partial charge in [0.1, 0.15) is 11.4 Å². The summed E-state index contributed by atoms with van der Waals surface area (Å²) in [5, 5.41) is 2.90. The summed E-state index contributed by atoms with van der Waals surface area (Å²) in [4.78, 5) is 28.2. The van der Waals surface area contributed by atoms with Gasteiger partial charge >= 0.3 is 0 Å². The number of hydrogen-bond donors (Lipinski definition) is 1. The van der Waals surface area contributed by atoms with Crippen LogP contribution in [0, 0.1) is 12.7 Å². The molecular weight excluding hydrogens is 405 g/mol. The van der Waals surface area contributed by atoms with E-state index in [0.29, 0.717) is 17.8 Å². The van der Waals surface area contributed by atoms with Crippen molar-refractivity contribution in [3.05, 3.63) is 98.2 Å². The summed E-state index contributed by atoms with van der Waals surface area (Å²) in [5.74, 6) is -0.793. The molecule has 0 unspecified atom stereocenters. The van der Waals surface area contributed by atoms with Crippen molar-refractivity contribution < 1.29 is 9.18 Å². The van der Waals surface area contributed by atoms with Crippen LogP contribution in [0.3, 0.4) is 0 Å². The summed E-state index contributed by atoms with van der Waals surface area (Å²) < 4.78 is 16.1. The Kier molecular flexibility index (Phi) is 6.12. The van der Waals surface area contributed by atoms with E-state index in [1.165, 1.54) is 23.4 Å². The number of rotatable bonds is 5. The summed E-state index contributed by atoms with van der Waals surface area (Å²) in [7, 11) is 3.88. The number of aromatic nitrogens is 1. The van der Waals surface area contributed by atoms with Crippen LogP contribution >= 0.6 is 0 Å². The molecule has 0 saturated carbocycles. The van der Waals surface area contributed by atoms with Gasteiger partial charge in [0.25, 0.3) is 5.91 Å². The van der Waals surface area contributed by atoms with E-state index in [-0.39, 0.29) is 23.2 Å². The maximum absolute atomic E-state index is 14.3. The van der Waals surface area contributed by atoms with Crippen molar-refractivity contribution in [3.63, 3.8) is 0 Å². The average molecular weight is 434 g/mol. The number of nitrogens with one attached hydrogen (secondary N) is 1. The molecule has 0 radical (unpaired) electrons. The highest BCUT2D eigenvalue weighted by Crippen LogP contribution is 2.26. The van der Waals surface area contributed by atoms with Gasteiger partial charge in [-0.3, -0.25) is 9.59 Å². The van der Waals surface area contributed by atoms with E-state index in [1.807, 2.05) is 6.07 Å². The summed E-state index contributed by atoms with van der Waals surface area (Å²) in [6.45, 7) is 3.18. The molecule has 1 aliphatic rings. The van der Waals surface area contributed by atoms with Gasteiger partial charge in [-0.2, -0.15) is 0 Å². The molecule has 1 aromatic heterocycles. The monoisotopic (exact) mass is 433 g/mol. The van der Waals surface area contributed by atoms with Crippen LogP contribution in [0.15, 0.2) is 53.3 Å². The lowest BCUT2D eigenvalue weighted by molar-refractivity contribution is 0.0948. The Balaban J connectivity index is 1.60. The Morgan fingerprint density at radius 3 is 2.69 bits per heavy atom. The topological polar surface area (TPSA) is 54.3 Å². The highest BCUT2D eigenvalue weighted by Gasteiger charge is 2.21. The minimum atomic E-state index is -0.438. The molecule has 0 atom stereocenters. The quantitative estimate of drug-likeness (QED) is 0.667. The van der Waals surface area contributed by atoms with Gasteiger partial charge in [-0.15, -0.1) is 0 Å². The van der Waals surface area contributed by atoms with Crippen molar-refractivity contribution in [1.29, 1.82) is 0 Å². The van der Waals surface area contributed by atoms with Crippen LogP contribution in [0.1, 0.15) is 44.9 Å². The van der Waals surface area contributed by atoms with Crippen molar-refractivity contribution in [2.75, 3.05) is 18.5 Å². The van der Waals surface area contributed by atoms with Crippen LogP contribution in [-0.2, 0) is 26.4 Å². The first-order valence-corrected chi connectivity index (χ1v) is 10.9. The Morgan fingerprint density at radius 1 is 1.12 bits per heavy atom. The zero-order chi connectivity index (χ0) is 22.8. The van der Waals surface area contributed by atoms with Gasteiger partial charge in [-0.1, -0.05) is 30.3 Å². The van der Waals surface area contributed by atoms with Crippen LogP contribution in [0.4, 0.5) is 10.1 Å². The first-order valence-electron chi connectivity index (χ1n) is 10.9. The lowest BCUT2D eigenvalue weighted by atomic mass is 9.99. The molecule has 1 aliphatic heterocycles. The zero-order valence-corrected chi connectivity index (χ0v) is 18.7. The van der Waals surface area contributed by atoms with Crippen molar-refractivity contribution in [2.24, 2.45) is 7.05 Å². The van der Waals surface area contributed by atoms with E-state index in [2.05, 4.69) is 29.4 Å². The number of halogens is 1. The standard InChI is InChI=1S/C26H28FN3O2/c1-17-13-24(31)25(23(30(17)3)15-19-7-4-5-9-21(19)27)26(32)28-16-18-10-11-22-20(14-18)8-6-12-29(22)2/h4-5,7,9-11,13-14H,6,8,12,15-16H2,1-3H3,(H,28,32). The molecule has 0 bridgehead atoms. The molecule has 0 spiro atoms.